The van der Waals surface area contributed by atoms with E-state index in [1.807, 2.05) is 60.7 Å². The van der Waals surface area contributed by atoms with E-state index < -0.39 is 0 Å². The molecule has 0 amide bonds. The van der Waals surface area contributed by atoms with E-state index in [1.54, 1.807) is 0 Å². The normalized spacial score (nSPS) is 11.3. The smallest absolute Gasteiger partial charge is 0.164 e. The summed E-state index contributed by atoms with van der Waals surface area (Å²) in [6, 6.07) is 47.9. The summed E-state index contributed by atoms with van der Waals surface area (Å²) in [6.45, 7) is 0. The van der Waals surface area contributed by atoms with Crippen molar-refractivity contribution < 1.29 is 0 Å². The predicted octanol–water partition coefficient (Wildman–Crippen LogP) is 8.76. The van der Waals surface area contributed by atoms with Gasteiger partial charge in [0.1, 0.15) is 0 Å². The highest BCUT2D eigenvalue weighted by molar-refractivity contribution is 5.87. The van der Waals surface area contributed by atoms with Gasteiger partial charge in [0.05, 0.1) is 11.0 Å². The van der Waals surface area contributed by atoms with Crippen LogP contribution in [0, 0.1) is 0 Å². The zero-order chi connectivity index (χ0) is 27.9. The third-order valence-corrected chi connectivity index (χ3v) is 7.64. The minimum Gasteiger partial charge on any atom is -0.316 e. The summed E-state index contributed by atoms with van der Waals surface area (Å²) in [5.41, 5.74) is 7.33. The van der Waals surface area contributed by atoms with E-state index in [4.69, 9.17) is 15.0 Å². The van der Waals surface area contributed by atoms with Crippen LogP contribution in [0.5, 0.6) is 0 Å². The first kappa shape index (κ1) is 24.0. The molecule has 0 aliphatic rings. The number of hydrogen-bond acceptors (Lipinski definition) is 3. The molecule has 8 rings (SSSR count). The van der Waals surface area contributed by atoms with Gasteiger partial charge in [0.15, 0.2) is 17.5 Å². The third-order valence-electron chi connectivity index (χ3n) is 7.64. The number of nitrogens with zero attached hydrogens (tertiary/aromatic N) is 5. The van der Waals surface area contributed by atoms with Crippen LogP contribution in [-0.2, 0) is 0 Å². The summed E-state index contributed by atoms with van der Waals surface area (Å²) in [5.74, 6) is 1.94. The van der Waals surface area contributed by atoms with E-state index in [0.29, 0.717) is 17.5 Å². The molecule has 0 radical (unpaired) electrons. The molecule has 5 nitrogen and oxygen atoms in total. The molecule has 0 saturated heterocycles. The fourth-order valence-electron chi connectivity index (χ4n) is 5.53. The molecular weight excluding hydrogens is 514 g/mol. The quantitative estimate of drug-likeness (QED) is 0.220. The van der Waals surface area contributed by atoms with Crippen LogP contribution in [-0.4, -0.2) is 24.1 Å². The fourth-order valence-corrected chi connectivity index (χ4v) is 5.53. The number of rotatable bonds is 5. The molecule has 0 fully saturated rings. The lowest BCUT2D eigenvalue weighted by Crippen LogP contribution is -2.01. The first-order chi connectivity index (χ1) is 20.8. The Morgan fingerprint density at radius 2 is 0.881 bits per heavy atom. The molecule has 0 unspecified atom stereocenters. The van der Waals surface area contributed by atoms with Crippen molar-refractivity contribution in [1.29, 1.82) is 0 Å². The van der Waals surface area contributed by atoms with Gasteiger partial charge < -0.3 is 9.13 Å². The van der Waals surface area contributed by atoms with Crippen LogP contribution in [0.1, 0.15) is 0 Å². The molecule has 0 spiro atoms. The summed E-state index contributed by atoms with van der Waals surface area (Å²) in [5, 5.41) is 2.40. The topological polar surface area (TPSA) is 48.5 Å². The van der Waals surface area contributed by atoms with Gasteiger partial charge >= 0.3 is 0 Å². The Hall–Kier alpha value is -5.81. The molecular formula is C37H25N5. The molecule has 3 heterocycles. The maximum atomic E-state index is 4.93. The fraction of sp³-hybridized carbons (Fsp3) is 0. The van der Waals surface area contributed by atoms with Crippen molar-refractivity contribution in [2.45, 2.75) is 0 Å². The lowest BCUT2D eigenvalue weighted by molar-refractivity contribution is 1.07. The van der Waals surface area contributed by atoms with E-state index >= 15 is 0 Å². The Labute approximate surface area is 243 Å². The van der Waals surface area contributed by atoms with Crippen molar-refractivity contribution >= 4 is 21.8 Å². The standard InChI is InChI=1S/C37H25N5/c1-3-11-28(12-4-1)35-38-36(29-13-5-2-6-14-29)40-37(39-35)30-15-9-16-31(24-30)42-23-21-27-18-19-32(25-34(27)42)41-22-20-26-10-7-8-17-33(26)41/h1-25H. The summed E-state index contributed by atoms with van der Waals surface area (Å²) < 4.78 is 4.47. The van der Waals surface area contributed by atoms with Crippen LogP contribution in [0.3, 0.4) is 0 Å². The lowest BCUT2D eigenvalue weighted by atomic mass is 10.1. The van der Waals surface area contributed by atoms with Crippen molar-refractivity contribution in [1.82, 2.24) is 24.1 Å². The van der Waals surface area contributed by atoms with Crippen molar-refractivity contribution in [2.75, 3.05) is 0 Å². The van der Waals surface area contributed by atoms with Crippen molar-refractivity contribution in [3.63, 3.8) is 0 Å². The van der Waals surface area contributed by atoms with Crippen molar-refractivity contribution in [2.24, 2.45) is 0 Å². The summed E-state index contributed by atoms with van der Waals surface area (Å²) in [6.07, 6.45) is 4.26. The van der Waals surface area contributed by atoms with Crippen LogP contribution in [0.25, 0.3) is 67.3 Å². The Bertz CT molecular complexity index is 2140. The summed E-state index contributed by atoms with van der Waals surface area (Å²) in [7, 11) is 0. The van der Waals surface area contributed by atoms with Crippen molar-refractivity contribution in [3.8, 4) is 45.5 Å². The maximum Gasteiger partial charge on any atom is 0.164 e. The Morgan fingerprint density at radius 3 is 1.57 bits per heavy atom. The molecule has 198 valence electrons. The second-order valence-corrected chi connectivity index (χ2v) is 10.3. The number of aromatic nitrogens is 5. The van der Waals surface area contributed by atoms with Crippen LogP contribution in [0.4, 0.5) is 0 Å². The minimum absolute atomic E-state index is 0.639. The first-order valence-electron chi connectivity index (χ1n) is 14.0. The van der Waals surface area contributed by atoms with Gasteiger partial charge in [-0.1, -0.05) is 97.1 Å². The van der Waals surface area contributed by atoms with Gasteiger partial charge in [-0.3, -0.25) is 0 Å². The molecule has 5 aromatic carbocycles. The second kappa shape index (κ2) is 9.98. The van der Waals surface area contributed by atoms with E-state index in [-0.39, 0.29) is 0 Å². The Kier molecular flexibility index (Phi) is 5.71. The zero-order valence-corrected chi connectivity index (χ0v) is 22.7. The molecule has 42 heavy (non-hydrogen) atoms. The lowest BCUT2D eigenvalue weighted by Gasteiger charge is -2.11. The van der Waals surface area contributed by atoms with Gasteiger partial charge in [-0.05, 0) is 47.9 Å². The average Bonchev–Trinajstić information content (AvgIpc) is 3.70. The van der Waals surface area contributed by atoms with Gasteiger partial charge in [-0.15, -0.1) is 0 Å². The van der Waals surface area contributed by atoms with E-state index in [1.165, 1.54) is 16.3 Å². The first-order valence-corrected chi connectivity index (χ1v) is 14.0. The van der Waals surface area contributed by atoms with Gasteiger partial charge in [-0.25, -0.2) is 15.0 Å². The molecule has 0 N–H and O–H groups in total. The van der Waals surface area contributed by atoms with E-state index in [2.05, 4.69) is 100 Å². The number of hydrogen-bond donors (Lipinski definition) is 0. The molecule has 8 aromatic rings. The monoisotopic (exact) mass is 539 g/mol. The van der Waals surface area contributed by atoms with Gasteiger partial charge in [0, 0.05) is 45.8 Å². The molecule has 0 aliphatic carbocycles. The average molecular weight is 540 g/mol. The number of benzene rings is 5. The highest BCUT2D eigenvalue weighted by Crippen LogP contribution is 2.29. The highest BCUT2D eigenvalue weighted by Gasteiger charge is 2.14. The summed E-state index contributed by atoms with van der Waals surface area (Å²) in [4.78, 5) is 14.7. The van der Waals surface area contributed by atoms with E-state index in [0.717, 1.165) is 33.6 Å². The zero-order valence-electron chi connectivity index (χ0n) is 22.7. The molecule has 3 aromatic heterocycles. The Balaban J connectivity index is 1.24. The maximum absolute atomic E-state index is 4.93. The molecule has 5 heteroatoms. The number of fused-ring (bicyclic) bond motifs is 2. The predicted molar refractivity (Wildman–Crippen MR) is 170 cm³/mol. The van der Waals surface area contributed by atoms with Crippen molar-refractivity contribution in [3.05, 3.63) is 152 Å². The molecule has 0 atom stereocenters. The molecule has 0 saturated carbocycles. The van der Waals surface area contributed by atoms with Crippen LogP contribution in [0.15, 0.2) is 152 Å². The summed E-state index contributed by atoms with van der Waals surface area (Å²) >= 11 is 0. The van der Waals surface area contributed by atoms with E-state index in [9.17, 15) is 0 Å². The SMILES string of the molecule is c1ccc(-c2nc(-c3ccccc3)nc(-c3cccc(-n4ccc5ccc(-n6ccc7ccccc76)cc54)c3)n2)cc1. The van der Waals surface area contributed by atoms with Crippen LogP contribution >= 0.6 is 0 Å². The van der Waals surface area contributed by atoms with Crippen LogP contribution in [0.2, 0.25) is 0 Å². The van der Waals surface area contributed by atoms with Gasteiger partial charge in [-0.2, -0.15) is 0 Å². The Morgan fingerprint density at radius 1 is 0.357 bits per heavy atom. The largest absolute Gasteiger partial charge is 0.316 e. The number of para-hydroxylation sites is 1. The molecule has 0 aliphatic heterocycles. The highest BCUT2D eigenvalue weighted by atomic mass is 15.0. The molecule has 0 bridgehead atoms. The third kappa shape index (κ3) is 4.25. The van der Waals surface area contributed by atoms with Gasteiger partial charge in [0.2, 0.25) is 0 Å². The second-order valence-electron chi connectivity index (χ2n) is 10.3. The van der Waals surface area contributed by atoms with Gasteiger partial charge in [0.25, 0.3) is 0 Å². The minimum atomic E-state index is 0.639. The van der Waals surface area contributed by atoms with Crippen LogP contribution < -0.4 is 0 Å².